The van der Waals surface area contributed by atoms with Crippen LogP contribution >= 0.6 is 0 Å². The highest BCUT2D eigenvalue weighted by Gasteiger charge is 2.45. The molecule has 2 saturated heterocycles. The number of carbonyl (C=O) groups is 2. The molecular weight excluding hydrogens is 476 g/mol. The number of nitriles is 1. The van der Waals surface area contributed by atoms with E-state index in [1.165, 1.54) is 22.3 Å². The second-order valence-corrected chi connectivity index (χ2v) is 10.7. The number of aryl methyl sites for hydroxylation is 2. The Balaban J connectivity index is 1.18. The first-order chi connectivity index (χ1) is 18.5. The van der Waals surface area contributed by atoms with Crippen LogP contribution < -0.4 is 0 Å². The van der Waals surface area contributed by atoms with E-state index < -0.39 is 0 Å². The van der Waals surface area contributed by atoms with Crippen molar-refractivity contribution in [3.8, 4) is 17.2 Å². The smallest absolute Gasteiger partial charge is 0.410 e. The van der Waals surface area contributed by atoms with Crippen molar-refractivity contribution in [3.63, 3.8) is 0 Å². The Morgan fingerprint density at radius 3 is 2.05 bits per heavy atom. The molecule has 2 bridgehead atoms. The summed E-state index contributed by atoms with van der Waals surface area (Å²) in [6.45, 7) is 4.84. The molecule has 3 aromatic carbocycles. The largest absolute Gasteiger partial charge is 0.448 e. The number of morpholine rings is 1. The van der Waals surface area contributed by atoms with Gasteiger partial charge in [0.25, 0.3) is 0 Å². The van der Waals surface area contributed by atoms with Gasteiger partial charge in [-0.25, -0.2) is 4.79 Å². The predicted octanol–water partition coefficient (Wildman–Crippen LogP) is 5.79. The number of hydrogen-bond acceptors (Lipinski definition) is 5. The Bertz CT molecular complexity index is 1390. The number of piperidine rings is 1. The summed E-state index contributed by atoms with van der Waals surface area (Å²) in [7, 11) is 0. The van der Waals surface area contributed by atoms with Gasteiger partial charge in [0.05, 0.1) is 36.9 Å². The van der Waals surface area contributed by atoms with Crippen LogP contribution in [0.25, 0.3) is 11.1 Å². The van der Waals surface area contributed by atoms with E-state index in [-0.39, 0.29) is 42.4 Å². The highest BCUT2D eigenvalue weighted by molar-refractivity contribution is 6.00. The first-order valence-corrected chi connectivity index (χ1v) is 13.2. The Morgan fingerprint density at radius 2 is 1.50 bits per heavy atom. The third kappa shape index (κ3) is 4.08. The van der Waals surface area contributed by atoms with Crippen molar-refractivity contribution in [2.45, 2.75) is 44.7 Å². The van der Waals surface area contributed by atoms with Gasteiger partial charge in [-0.2, -0.15) is 5.26 Å². The highest BCUT2D eigenvalue weighted by atomic mass is 16.6. The van der Waals surface area contributed by atoms with Crippen LogP contribution in [0.3, 0.4) is 0 Å². The first-order valence-electron chi connectivity index (χ1n) is 13.2. The molecular formula is C32H30N2O4. The number of fused-ring (bicyclic) bond motifs is 5. The van der Waals surface area contributed by atoms with E-state index in [0.29, 0.717) is 37.2 Å². The topological polar surface area (TPSA) is 79.6 Å². The van der Waals surface area contributed by atoms with Gasteiger partial charge in [-0.15, -0.1) is 0 Å². The van der Waals surface area contributed by atoms with Crippen molar-refractivity contribution in [1.82, 2.24) is 4.90 Å². The van der Waals surface area contributed by atoms with Crippen molar-refractivity contribution in [3.05, 3.63) is 94.0 Å². The summed E-state index contributed by atoms with van der Waals surface area (Å²) in [6, 6.07) is 21.9. The molecule has 0 radical (unpaired) electrons. The molecule has 6 nitrogen and oxygen atoms in total. The van der Waals surface area contributed by atoms with E-state index in [1.807, 2.05) is 43.0 Å². The van der Waals surface area contributed by atoms with Crippen LogP contribution in [0.5, 0.6) is 0 Å². The molecule has 38 heavy (non-hydrogen) atoms. The van der Waals surface area contributed by atoms with Gasteiger partial charge >= 0.3 is 6.09 Å². The zero-order valence-electron chi connectivity index (χ0n) is 21.6. The van der Waals surface area contributed by atoms with E-state index in [0.717, 1.165) is 11.1 Å². The number of hydrogen-bond donors (Lipinski definition) is 0. The van der Waals surface area contributed by atoms with Gasteiger partial charge in [-0.1, -0.05) is 48.5 Å². The fraction of sp³-hybridized carbons (Fsp3) is 0.344. The summed E-state index contributed by atoms with van der Waals surface area (Å²) < 4.78 is 11.8. The minimum atomic E-state index is -0.332. The Labute approximate surface area is 222 Å². The number of Topliss-reactive ketones (excluding diaryl/α,β-unsaturated/α-hetero) is 1. The predicted molar refractivity (Wildman–Crippen MR) is 143 cm³/mol. The number of rotatable bonds is 4. The molecule has 2 aliphatic heterocycles. The molecule has 2 heterocycles. The highest BCUT2D eigenvalue weighted by Crippen LogP contribution is 2.45. The molecule has 3 aliphatic rings. The van der Waals surface area contributed by atoms with E-state index >= 15 is 0 Å². The van der Waals surface area contributed by atoms with Crippen LogP contribution in [0.2, 0.25) is 0 Å². The molecule has 0 N–H and O–H groups in total. The van der Waals surface area contributed by atoms with Crippen LogP contribution in [0.15, 0.2) is 60.7 Å². The molecule has 6 heteroatoms. The number of nitrogens with zero attached hydrogens (tertiary/aromatic N) is 2. The molecule has 192 valence electrons. The number of amides is 1. The van der Waals surface area contributed by atoms with E-state index in [1.54, 1.807) is 12.1 Å². The van der Waals surface area contributed by atoms with Gasteiger partial charge in [-0.05, 0) is 72.2 Å². The summed E-state index contributed by atoms with van der Waals surface area (Å²) in [4.78, 5) is 28.9. The lowest BCUT2D eigenvalue weighted by Crippen LogP contribution is -2.60. The van der Waals surface area contributed by atoms with E-state index in [4.69, 9.17) is 9.47 Å². The van der Waals surface area contributed by atoms with Gasteiger partial charge in [0.2, 0.25) is 0 Å². The third-order valence-corrected chi connectivity index (χ3v) is 8.35. The lowest BCUT2D eigenvalue weighted by Gasteiger charge is -2.47. The SMILES string of the molecule is Cc1cc(C#N)cc(C)c1C(=O)C1CC2COCC(C1)N2C(=O)OCC1c2ccccc2-c2ccccc21. The lowest BCUT2D eigenvalue weighted by molar-refractivity contribution is -0.0747. The number of ether oxygens (including phenoxy) is 2. The molecule has 0 saturated carbocycles. The quantitative estimate of drug-likeness (QED) is 0.419. The molecule has 0 aromatic heterocycles. The van der Waals surface area contributed by atoms with Crippen molar-refractivity contribution in [2.75, 3.05) is 19.8 Å². The second-order valence-electron chi connectivity index (χ2n) is 10.7. The Hall–Kier alpha value is -3.95. The minimum Gasteiger partial charge on any atom is -0.448 e. The maximum atomic E-state index is 13.6. The van der Waals surface area contributed by atoms with E-state index in [9.17, 15) is 14.9 Å². The zero-order chi connectivity index (χ0) is 26.4. The number of carbonyl (C=O) groups excluding carboxylic acids is 2. The Morgan fingerprint density at radius 1 is 0.947 bits per heavy atom. The van der Waals surface area contributed by atoms with Gasteiger partial charge in [-0.3, -0.25) is 9.69 Å². The number of benzene rings is 3. The normalized spacial score (nSPS) is 21.8. The average Bonchev–Trinajstić information content (AvgIpc) is 3.24. The van der Waals surface area contributed by atoms with Crippen molar-refractivity contribution in [1.29, 1.82) is 5.26 Å². The molecule has 2 fully saturated rings. The number of ketones is 1. The maximum absolute atomic E-state index is 13.6. The maximum Gasteiger partial charge on any atom is 0.410 e. The lowest BCUT2D eigenvalue weighted by atomic mass is 9.79. The van der Waals surface area contributed by atoms with Crippen LogP contribution in [-0.2, 0) is 9.47 Å². The van der Waals surface area contributed by atoms with Crippen LogP contribution in [0, 0.1) is 31.1 Å². The summed E-state index contributed by atoms with van der Waals surface area (Å²) in [6.07, 6.45) is 0.749. The minimum absolute atomic E-state index is 0.00360. The summed E-state index contributed by atoms with van der Waals surface area (Å²) in [5.41, 5.74) is 7.67. The fourth-order valence-electron chi connectivity index (χ4n) is 6.72. The molecule has 1 amide bonds. The van der Waals surface area contributed by atoms with Crippen molar-refractivity contribution >= 4 is 11.9 Å². The molecule has 0 spiro atoms. The summed E-state index contributed by atoms with van der Waals surface area (Å²) in [5.74, 6) is -0.102. The van der Waals surface area contributed by atoms with Gasteiger partial charge in [0, 0.05) is 17.4 Å². The molecule has 6 rings (SSSR count). The average molecular weight is 507 g/mol. The van der Waals surface area contributed by atoms with Gasteiger partial charge in [0.1, 0.15) is 6.61 Å². The summed E-state index contributed by atoms with van der Waals surface area (Å²) >= 11 is 0. The Kier molecular flexibility index (Phi) is 6.25. The van der Waals surface area contributed by atoms with Crippen LogP contribution in [0.4, 0.5) is 4.79 Å². The monoisotopic (exact) mass is 506 g/mol. The van der Waals surface area contributed by atoms with Crippen LogP contribution in [-0.4, -0.2) is 48.7 Å². The summed E-state index contributed by atoms with van der Waals surface area (Å²) in [5, 5.41) is 9.27. The second kappa shape index (κ2) is 9.74. The van der Waals surface area contributed by atoms with Gasteiger partial charge in [0.15, 0.2) is 5.78 Å². The molecule has 2 unspecified atom stereocenters. The van der Waals surface area contributed by atoms with E-state index in [2.05, 4.69) is 30.3 Å². The zero-order valence-corrected chi connectivity index (χ0v) is 21.6. The third-order valence-electron chi connectivity index (χ3n) is 8.35. The molecule has 3 aromatic rings. The van der Waals surface area contributed by atoms with Crippen LogP contribution in [0.1, 0.15) is 56.9 Å². The molecule has 1 aliphatic carbocycles. The molecule has 2 atom stereocenters. The van der Waals surface area contributed by atoms with Gasteiger partial charge < -0.3 is 9.47 Å². The standard InChI is InChI=1S/C32H30N2O4/c1-19-11-21(15-33)12-20(2)30(19)31(35)22-13-23-16-37-17-24(14-22)34(23)32(36)38-18-29-27-9-5-3-7-25(27)26-8-4-6-10-28(26)29/h3-12,22-24,29H,13-14,16-18H2,1-2H3. The fourth-order valence-corrected chi connectivity index (χ4v) is 6.72. The van der Waals surface area contributed by atoms with Crippen molar-refractivity contribution < 1.29 is 19.1 Å². The van der Waals surface area contributed by atoms with Crippen molar-refractivity contribution in [2.24, 2.45) is 5.92 Å². The first kappa shape index (κ1) is 24.4.